The molecule has 1 aromatic carbocycles. The van der Waals surface area contributed by atoms with Crippen LogP contribution in [0.4, 0.5) is 0 Å². The van der Waals surface area contributed by atoms with Crippen molar-refractivity contribution in [2.45, 2.75) is 27.7 Å². The standard InChI is InChI=1S/C22H26N4O4/c1-6-29-21-24-19(25-26-21)16-9-7-15(8-10-16)17-12-23-18(11-14(17)2)30-13-22(3,4)20(27)28-5/h7-12H,6,13H2,1-5H3,(H,24,25,26). The summed E-state index contributed by atoms with van der Waals surface area (Å²) in [4.78, 5) is 20.5. The number of benzene rings is 1. The van der Waals surface area contributed by atoms with Gasteiger partial charge in [-0.2, -0.15) is 4.98 Å². The average molecular weight is 410 g/mol. The lowest BCUT2D eigenvalue weighted by molar-refractivity contribution is -0.152. The predicted molar refractivity (Wildman–Crippen MR) is 112 cm³/mol. The fourth-order valence-electron chi connectivity index (χ4n) is 2.88. The Morgan fingerprint density at radius 1 is 1.13 bits per heavy atom. The van der Waals surface area contributed by atoms with E-state index in [1.165, 1.54) is 7.11 Å². The first-order valence-electron chi connectivity index (χ1n) is 9.68. The molecule has 2 aromatic heterocycles. The molecule has 3 rings (SSSR count). The molecule has 0 aliphatic carbocycles. The molecule has 0 fully saturated rings. The van der Waals surface area contributed by atoms with Gasteiger partial charge in [0.1, 0.15) is 6.61 Å². The molecule has 1 N–H and O–H groups in total. The quantitative estimate of drug-likeness (QED) is 0.564. The number of methoxy groups -OCH3 is 1. The van der Waals surface area contributed by atoms with Gasteiger partial charge in [-0.25, -0.2) is 4.98 Å². The third-order valence-corrected chi connectivity index (χ3v) is 4.61. The van der Waals surface area contributed by atoms with Gasteiger partial charge in [0.05, 0.1) is 19.1 Å². The number of aromatic nitrogens is 4. The molecule has 0 amide bonds. The van der Waals surface area contributed by atoms with Crippen LogP contribution < -0.4 is 9.47 Å². The predicted octanol–water partition coefficient (Wildman–Crippen LogP) is 3.82. The summed E-state index contributed by atoms with van der Waals surface area (Å²) in [6.45, 7) is 8.12. The first-order valence-corrected chi connectivity index (χ1v) is 9.68. The number of esters is 1. The van der Waals surface area contributed by atoms with Crippen molar-refractivity contribution in [1.29, 1.82) is 0 Å². The minimum absolute atomic E-state index is 0.182. The van der Waals surface area contributed by atoms with Crippen molar-refractivity contribution >= 4 is 5.97 Å². The van der Waals surface area contributed by atoms with E-state index in [1.54, 1.807) is 20.0 Å². The number of carbonyl (C=O) groups is 1. The molecule has 0 saturated carbocycles. The first-order chi connectivity index (χ1) is 14.3. The highest BCUT2D eigenvalue weighted by Gasteiger charge is 2.30. The highest BCUT2D eigenvalue weighted by atomic mass is 16.5. The summed E-state index contributed by atoms with van der Waals surface area (Å²) >= 11 is 0. The molecule has 0 spiro atoms. The number of aryl methyl sites for hydroxylation is 1. The van der Waals surface area contributed by atoms with Gasteiger partial charge in [-0.05, 0) is 38.8 Å². The second-order valence-electron chi connectivity index (χ2n) is 7.48. The highest BCUT2D eigenvalue weighted by molar-refractivity contribution is 5.76. The fourth-order valence-corrected chi connectivity index (χ4v) is 2.88. The summed E-state index contributed by atoms with van der Waals surface area (Å²) in [5.41, 5.74) is 3.19. The number of nitrogens with one attached hydrogen (secondary N) is 1. The Hall–Kier alpha value is -3.42. The molecule has 0 atom stereocenters. The molecule has 0 unspecified atom stereocenters. The van der Waals surface area contributed by atoms with Gasteiger partial charge in [0.15, 0.2) is 5.82 Å². The molecule has 0 aliphatic rings. The number of hydrogen-bond acceptors (Lipinski definition) is 7. The number of hydrogen-bond donors (Lipinski definition) is 1. The van der Waals surface area contributed by atoms with Crippen LogP contribution in [0.25, 0.3) is 22.5 Å². The lowest BCUT2D eigenvalue weighted by Gasteiger charge is -2.21. The second kappa shape index (κ2) is 8.94. The Bertz CT molecular complexity index is 1010. The van der Waals surface area contributed by atoms with E-state index in [-0.39, 0.29) is 12.6 Å². The van der Waals surface area contributed by atoms with Crippen LogP contribution in [0.15, 0.2) is 36.5 Å². The molecule has 0 aliphatic heterocycles. The maximum Gasteiger partial charge on any atom is 0.335 e. The molecule has 0 bridgehead atoms. The first kappa shape index (κ1) is 21.3. The average Bonchev–Trinajstić information content (AvgIpc) is 3.21. The number of carbonyl (C=O) groups excluding carboxylic acids is 1. The van der Waals surface area contributed by atoms with Crippen molar-refractivity contribution in [1.82, 2.24) is 20.2 Å². The minimum Gasteiger partial charge on any atom is -0.476 e. The number of H-pyrrole nitrogens is 1. The molecule has 8 heteroatoms. The van der Waals surface area contributed by atoms with Gasteiger partial charge in [-0.15, -0.1) is 5.10 Å². The molecule has 158 valence electrons. The van der Waals surface area contributed by atoms with Gasteiger partial charge in [-0.1, -0.05) is 24.3 Å². The van der Waals surface area contributed by atoms with Crippen LogP contribution in [0.2, 0.25) is 0 Å². The number of nitrogens with zero attached hydrogens (tertiary/aromatic N) is 3. The van der Waals surface area contributed by atoms with E-state index in [0.29, 0.717) is 24.3 Å². The van der Waals surface area contributed by atoms with Crippen LogP contribution in [-0.2, 0) is 9.53 Å². The number of aromatic amines is 1. The van der Waals surface area contributed by atoms with Crippen LogP contribution in [0.3, 0.4) is 0 Å². The van der Waals surface area contributed by atoms with Crippen LogP contribution >= 0.6 is 0 Å². The molecule has 2 heterocycles. The zero-order chi connectivity index (χ0) is 21.7. The summed E-state index contributed by atoms with van der Waals surface area (Å²) in [5.74, 6) is 0.794. The summed E-state index contributed by atoms with van der Waals surface area (Å²) in [7, 11) is 1.37. The number of rotatable bonds is 8. The Morgan fingerprint density at radius 3 is 2.47 bits per heavy atom. The topological polar surface area (TPSA) is 99.2 Å². The Balaban J connectivity index is 1.72. The van der Waals surface area contributed by atoms with Crippen molar-refractivity contribution in [2.24, 2.45) is 5.41 Å². The molecular weight excluding hydrogens is 384 g/mol. The van der Waals surface area contributed by atoms with Crippen LogP contribution in [0.1, 0.15) is 26.3 Å². The molecular formula is C22H26N4O4. The molecule has 8 nitrogen and oxygen atoms in total. The Labute approximate surface area is 175 Å². The van der Waals surface area contributed by atoms with Crippen LogP contribution in [0.5, 0.6) is 11.9 Å². The van der Waals surface area contributed by atoms with E-state index in [1.807, 2.05) is 44.2 Å². The van der Waals surface area contributed by atoms with E-state index >= 15 is 0 Å². The van der Waals surface area contributed by atoms with Crippen molar-refractivity contribution in [3.05, 3.63) is 42.1 Å². The van der Waals surface area contributed by atoms with E-state index in [2.05, 4.69) is 20.2 Å². The van der Waals surface area contributed by atoms with Crippen LogP contribution in [-0.4, -0.2) is 46.5 Å². The maximum atomic E-state index is 11.8. The van der Waals surface area contributed by atoms with E-state index < -0.39 is 5.41 Å². The van der Waals surface area contributed by atoms with Crippen LogP contribution in [0, 0.1) is 12.3 Å². The Kier molecular flexibility index (Phi) is 6.34. The summed E-state index contributed by atoms with van der Waals surface area (Å²) in [6, 6.07) is 10.1. The third-order valence-electron chi connectivity index (χ3n) is 4.61. The lowest BCUT2D eigenvalue weighted by Crippen LogP contribution is -2.32. The van der Waals surface area contributed by atoms with Gasteiger partial charge in [0.2, 0.25) is 5.88 Å². The minimum atomic E-state index is -0.748. The van der Waals surface area contributed by atoms with Gasteiger partial charge in [0.25, 0.3) is 0 Å². The van der Waals surface area contributed by atoms with Crippen molar-refractivity contribution in [3.8, 4) is 34.4 Å². The highest BCUT2D eigenvalue weighted by Crippen LogP contribution is 2.28. The maximum absolute atomic E-state index is 11.8. The largest absolute Gasteiger partial charge is 0.476 e. The van der Waals surface area contributed by atoms with Gasteiger partial charge in [0, 0.05) is 23.4 Å². The van der Waals surface area contributed by atoms with Gasteiger partial charge < -0.3 is 14.2 Å². The van der Waals surface area contributed by atoms with Crippen molar-refractivity contribution < 1.29 is 19.0 Å². The molecule has 0 radical (unpaired) electrons. The van der Waals surface area contributed by atoms with Crippen molar-refractivity contribution in [3.63, 3.8) is 0 Å². The summed E-state index contributed by atoms with van der Waals surface area (Å²) in [6.07, 6.45) is 1.77. The molecule has 30 heavy (non-hydrogen) atoms. The van der Waals surface area contributed by atoms with Gasteiger partial charge >= 0.3 is 12.0 Å². The van der Waals surface area contributed by atoms with Gasteiger partial charge in [-0.3, -0.25) is 9.89 Å². The fraction of sp³-hybridized carbons (Fsp3) is 0.364. The Morgan fingerprint density at radius 2 is 1.83 bits per heavy atom. The monoisotopic (exact) mass is 410 g/mol. The summed E-state index contributed by atoms with van der Waals surface area (Å²) < 4.78 is 15.8. The normalized spacial score (nSPS) is 11.2. The SMILES string of the molecule is CCOc1n[nH]c(-c2ccc(-c3cnc(OCC(C)(C)C(=O)OC)cc3C)cc2)n1. The van der Waals surface area contributed by atoms with E-state index in [4.69, 9.17) is 14.2 Å². The third kappa shape index (κ3) is 4.76. The second-order valence-corrected chi connectivity index (χ2v) is 7.48. The lowest BCUT2D eigenvalue weighted by atomic mass is 9.95. The van der Waals surface area contributed by atoms with Crippen molar-refractivity contribution in [2.75, 3.05) is 20.3 Å². The molecule has 3 aromatic rings. The van der Waals surface area contributed by atoms with E-state index in [0.717, 1.165) is 22.3 Å². The number of ether oxygens (including phenoxy) is 3. The zero-order valence-corrected chi connectivity index (χ0v) is 17.9. The molecule has 0 saturated heterocycles. The zero-order valence-electron chi connectivity index (χ0n) is 17.9. The van der Waals surface area contributed by atoms with E-state index in [9.17, 15) is 4.79 Å². The summed E-state index contributed by atoms with van der Waals surface area (Å²) in [5, 5.41) is 6.90. The number of pyridine rings is 1. The smallest absolute Gasteiger partial charge is 0.335 e.